The molecule has 4 rings (SSSR count). The largest absolute Gasteiger partial charge is 0.368 e. The predicted octanol–water partition coefficient (Wildman–Crippen LogP) is 2.97. The van der Waals surface area contributed by atoms with Crippen molar-refractivity contribution >= 4 is 39.2 Å². The Morgan fingerprint density at radius 1 is 1.29 bits per heavy atom. The van der Waals surface area contributed by atoms with E-state index in [1.165, 1.54) is 6.20 Å². The van der Waals surface area contributed by atoms with Crippen LogP contribution < -0.4 is 14.9 Å². The van der Waals surface area contributed by atoms with Crippen molar-refractivity contribution in [2.75, 3.05) is 41.6 Å². The molecule has 0 spiro atoms. The van der Waals surface area contributed by atoms with Gasteiger partial charge in [0.2, 0.25) is 5.78 Å². The Morgan fingerprint density at radius 3 is 2.81 bits per heavy atom. The fraction of sp³-hybridized carbons (Fsp3) is 0.333. The molecule has 0 saturated carbocycles. The lowest BCUT2D eigenvalue weighted by molar-refractivity contribution is 0.103. The van der Waals surface area contributed by atoms with E-state index in [0.717, 1.165) is 44.0 Å². The van der Waals surface area contributed by atoms with Crippen molar-refractivity contribution in [2.24, 2.45) is 0 Å². The van der Waals surface area contributed by atoms with E-state index in [-0.39, 0.29) is 11.3 Å². The monoisotopic (exact) mass is 447 g/mol. The summed E-state index contributed by atoms with van der Waals surface area (Å²) in [6.07, 6.45) is 3.76. The number of ketones is 1. The van der Waals surface area contributed by atoms with E-state index < -0.39 is 34.0 Å². The number of nitrogens with zero attached hydrogens (tertiary/aromatic N) is 2. The highest BCUT2D eigenvalue weighted by Gasteiger charge is 2.25. The highest BCUT2D eigenvalue weighted by molar-refractivity contribution is 7.86. The molecule has 0 radical (unpaired) electrons. The lowest BCUT2D eigenvalue weighted by Gasteiger charge is -2.29. The van der Waals surface area contributed by atoms with Crippen LogP contribution in [0.1, 0.15) is 29.3 Å². The SMILES string of the molecule is CCCS(=O)Nc1ccc(F)c(C(=O)c2c[nH]c3ncc(N4CCNCC4)cc23)c1F. The number of nitrogens with one attached hydrogen (secondary N) is 3. The van der Waals surface area contributed by atoms with Gasteiger partial charge in [-0.2, -0.15) is 0 Å². The summed E-state index contributed by atoms with van der Waals surface area (Å²) in [7, 11) is -1.53. The lowest BCUT2D eigenvalue weighted by Crippen LogP contribution is -2.43. The average Bonchev–Trinajstić information content (AvgIpc) is 3.20. The van der Waals surface area contributed by atoms with Crippen molar-refractivity contribution in [3.63, 3.8) is 0 Å². The van der Waals surface area contributed by atoms with Crippen LogP contribution in [0.4, 0.5) is 20.2 Å². The van der Waals surface area contributed by atoms with Gasteiger partial charge in [0.05, 0.1) is 23.1 Å². The normalized spacial score (nSPS) is 15.3. The molecule has 2 aromatic heterocycles. The first-order chi connectivity index (χ1) is 15.0. The molecule has 0 bridgehead atoms. The number of rotatable bonds is 7. The molecule has 1 aliphatic heterocycles. The van der Waals surface area contributed by atoms with E-state index in [0.29, 0.717) is 23.2 Å². The summed E-state index contributed by atoms with van der Waals surface area (Å²) in [5.74, 6) is -2.53. The van der Waals surface area contributed by atoms with Gasteiger partial charge in [-0.15, -0.1) is 0 Å². The molecule has 1 atom stereocenters. The second-order valence-electron chi connectivity index (χ2n) is 7.29. The molecule has 7 nitrogen and oxygen atoms in total. The van der Waals surface area contributed by atoms with Gasteiger partial charge < -0.3 is 19.9 Å². The maximum absolute atomic E-state index is 15.0. The van der Waals surface area contributed by atoms with Crippen LogP contribution in [0.5, 0.6) is 0 Å². The summed E-state index contributed by atoms with van der Waals surface area (Å²) in [5.41, 5.74) is 0.572. The summed E-state index contributed by atoms with van der Waals surface area (Å²) in [5, 5.41) is 3.77. The van der Waals surface area contributed by atoms with Gasteiger partial charge in [0, 0.05) is 49.1 Å². The van der Waals surface area contributed by atoms with E-state index in [2.05, 4.69) is 24.9 Å². The second kappa shape index (κ2) is 9.11. The van der Waals surface area contributed by atoms with Gasteiger partial charge in [-0.1, -0.05) is 6.92 Å². The molecule has 1 fully saturated rings. The molecular weight excluding hydrogens is 424 g/mol. The third-order valence-corrected chi connectivity index (χ3v) is 6.40. The quantitative estimate of drug-likeness (QED) is 0.485. The van der Waals surface area contributed by atoms with Gasteiger partial charge in [0.25, 0.3) is 0 Å². The maximum atomic E-state index is 15.0. The molecule has 10 heteroatoms. The van der Waals surface area contributed by atoms with Crippen LogP contribution in [0.3, 0.4) is 0 Å². The Bertz CT molecular complexity index is 1140. The molecular formula is C21H23F2N5O2S. The van der Waals surface area contributed by atoms with E-state index in [9.17, 15) is 13.4 Å². The summed E-state index contributed by atoms with van der Waals surface area (Å²) in [6.45, 7) is 5.12. The van der Waals surface area contributed by atoms with Crippen molar-refractivity contribution in [3.05, 3.63) is 53.4 Å². The molecule has 3 heterocycles. The Hall–Kier alpha value is -2.85. The van der Waals surface area contributed by atoms with Crippen LogP contribution in [0, 0.1) is 11.6 Å². The lowest BCUT2D eigenvalue weighted by atomic mass is 10.0. The number of aromatic amines is 1. The molecule has 1 aliphatic rings. The number of H-pyrrole nitrogens is 1. The zero-order valence-corrected chi connectivity index (χ0v) is 17.8. The minimum absolute atomic E-state index is 0.129. The van der Waals surface area contributed by atoms with E-state index in [1.807, 2.05) is 13.0 Å². The summed E-state index contributed by atoms with van der Waals surface area (Å²) in [4.78, 5) is 22.6. The van der Waals surface area contributed by atoms with Gasteiger partial charge in [0.1, 0.15) is 22.5 Å². The average molecular weight is 448 g/mol. The van der Waals surface area contributed by atoms with Crippen molar-refractivity contribution in [1.29, 1.82) is 0 Å². The van der Waals surface area contributed by atoms with Crippen molar-refractivity contribution in [2.45, 2.75) is 13.3 Å². The van der Waals surface area contributed by atoms with Crippen LogP contribution in [-0.4, -0.2) is 51.9 Å². The van der Waals surface area contributed by atoms with Crippen molar-refractivity contribution in [1.82, 2.24) is 15.3 Å². The first-order valence-corrected chi connectivity index (χ1v) is 11.4. The number of piperazine rings is 1. The first-order valence-electron chi connectivity index (χ1n) is 10.1. The Kier molecular flexibility index (Phi) is 6.28. The summed E-state index contributed by atoms with van der Waals surface area (Å²) >= 11 is 0. The van der Waals surface area contributed by atoms with Crippen molar-refractivity contribution < 1.29 is 17.8 Å². The third-order valence-electron chi connectivity index (χ3n) is 5.17. The molecule has 1 saturated heterocycles. The minimum atomic E-state index is -1.53. The fourth-order valence-electron chi connectivity index (χ4n) is 3.61. The predicted molar refractivity (Wildman–Crippen MR) is 118 cm³/mol. The number of benzene rings is 1. The van der Waals surface area contributed by atoms with Crippen molar-refractivity contribution in [3.8, 4) is 0 Å². The van der Waals surface area contributed by atoms with Crippen LogP contribution in [0.2, 0.25) is 0 Å². The smallest absolute Gasteiger partial charge is 0.201 e. The van der Waals surface area contributed by atoms with Crippen LogP contribution >= 0.6 is 0 Å². The molecule has 1 aromatic carbocycles. The number of pyridine rings is 1. The number of hydrogen-bond acceptors (Lipinski definition) is 5. The van der Waals surface area contributed by atoms with Crippen LogP contribution in [0.15, 0.2) is 30.6 Å². The molecule has 164 valence electrons. The molecule has 3 N–H and O–H groups in total. The number of anilines is 2. The number of aromatic nitrogens is 2. The molecule has 3 aromatic rings. The summed E-state index contributed by atoms with van der Waals surface area (Å²) in [6, 6.07) is 3.96. The number of halogens is 2. The zero-order chi connectivity index (χ0) is 22.0. The van der Waals surface area contributed by atoms with Crippen LogP contribution in [-0.2, 0) is 11.0 Å². The first kappa shape index (κ1) is 21.4. The summed E-state index contributed by atoms with van der Waals surface area (Å²) < 4.78 is 44.0. The van der Waals surface area contributed by atoms with Gasteiger partial charge in [-0.05, 0) is 24.6 Å². The zero-order valence-electron chi connectivity index (χ0n) is 17.0. The molecule has 31 heavy (non-hydrogen) atoms. The topological polar surface area (TPSA) is 90.1 Å². The highest BCUT2D eigenvalue weighted by Crippen LogP contribution is 2.29. The van der Waals surface area contributed by atoms with E-state index in [4.69, 9.17) is 0 Å². The van der Waals surface area contributed by atoms with Gasteiger partial charge in [-0.3, -0.25) is 4.79 Å². The maximum Gasteiger partial charge on any atom is 0.201 e. The molecule has 0 amide bonds. The van der Waals surface area contributed by atoms with Gasteiger partial charge in [-0.25, -0.2) is 18.0 Å². The third kappa shape index (κ3) is 4.31. The number of fused-ring (bicyclic) bond motifs is 1. The highest BCUT2D eigenvalue weighted by atomic mass is 32.2. The second-order valence-corrected chi connectivity index (χ2v) is 8.60. The Balaban J connectivity index is 1.71. The van der Waals surface area contributed by atoms with E-state index in [1.54, 1.807) is 6.20 Å². The molecule has 0 aliphatic carbocycles. The molecule has 1 unspecified atom stereocenters. The Morgan fingerprint density at radius 2 is 2.06 bits per heavy atom. The standard InChI is InChI=1S/C21H23F2N5O2S/c1-2-9-31(30)27-17-4-3-16(22)18(19(17)23)20(29)15-12-26-21-14(15)10-13(11-25-21)28-7-5-24-6-8-28/h3-4,10-12,24,27H,2,5-9H2,1H3,(H,25,26). The minimum Gasteiger partial charge on any atom is -0.368 e. The number of carbonyl (C=O) groups excluding carboxylic acids is 1. The number of hydrogen-bond donors (Lipinski definition) is 3. The number of carbonyl (C=O) groups is 1. The van der Waals surface area contributed by atoms with Gasteiger partial charge >= 0.3 is 0 Å². The van der Waals surface area contributed by atoms with E-state index >= 15 is 4.39 Å². The van der Waals surface area contributed by atoms with Crippen LogP contribution in [0.25, 0.3) is 11.0 Å². The fourth-order valence-corrected chi connectivity index (χ4v) is 4.49. The van der Waals surface area contributed by atoms with Gasteiger partial charge in [0.15, 0.2) is 5.82 Å². The Labute approximate surface area is 180 Å².